The molecule has 2 N–H and O–H groups in total. The maximum Gasteiger partial charge on any atom is 0.301 e. The first kappa shape index (κ1) is 21.2. The van der Waals surface area contributed by atoms with Gasteiger partial charge in [0.2, 0.25) is 5.91 Å². The smallest absolute Gasteiger partial charge is 0.301 e. The van der Waals surface area contributed by atoms with Crippen LogP contribution >= 0.6 is 0 Å². The van der Waals surface area contributed by atoms with Gasteiger partial charge in [-0.05, 0) is 86.7 Å². The number of fused-ring (bicyclic) bond motifs is 5. The highest BCUT2D eigenvalue weighted by Gasteiger charge is 2.57. The summed E-state index contributed by atoms with van der Waals surface area (Å²) >= 11 is 0. The van der Waals surface area contributed by atoms with Crippen molar-refractivity contribution in [3.63, 3.8) is 0 Å². The summed E-state index contributed by atoms with van der Waals surface area (Å²) in [4.78, 5) is 16.4. The lowest BCUT2D eigenvalue weighted by Crippen LogP contribution is -2.44. The lowest BCUT2D eigenvalue weighted by Gasteiger charge is -2.50. The minimum Gasteiger partial charge on any atom is -0.429 e. The van der Waals surface area contributed by atoms with E-state index in [4.69, 9.17) is 4.42 Å². The van der Waals surface area contributed by atoms with Crippen molar-refractivity contribution in [3.05, 3.63) is 47.3 Å². The van der Waals surface area contributed by atoms with Gasteiger partial charge in [0.15, 0.2) is 0 Å². The normalized spacial score (nSPS) is 32.2. The van der Waals surface area contributed by atoms with Gasteiger partial charge in [-0.2, -0.15) is 0 Å². The van der Waals surface area contributed by atoms with Gasteiger partial charge in [0.05, 0.1) is 11.9 Å². The quantitative estimate of drug-likeness (QED) is 0.465. The average molecular weight is 436 g/mol. The van der Waals surface area contributed by atoms with E-state index < -0.39 is 0 Å². The molecule has 0 aliphatic heterocycles. The number of oxime groups is 1. The van der Waals surface area contributed by atoms with Crippen molar-refractivity contribution in [2.24, 2.45) is 28.3 Å². The van der Waals surface area contributed by atoms with Crippen molar-refractivity contribution >= 4 is 17.6 Å². The fourth-order valence-electron chi connectivity index (χ4n) is 7.14. The Labute approximate surface area is 189 Å². The Bertz CT molecular complexity index is 1030. The fraction of sp³-hybridized carbons (Fsp3) is 0.577. The number of nitrogens with one attached hydrogen (secondary N) is 1. The minimum atomic E-state index is -0.0585. The van der Waals surface area contributed by atoms with Gasteiger partial charge in [0, 0.05) is 11.8 Å². The Hall–Kier alpha value is -2.63. The molecular weight excluding hydrogens is 402 g/mol. The molecule has 0 bridgehead atoms. The molecule has 2 aromatic rings. The molecule has 1 aromatic heterocycles. The van der Waals surface area contributed by atoms with Crippen LogP contribution in [-0.2, 0) is 11.2 Å². The van der Waals surface area contributed by atoms with E-state index in [0.29, 0.717) is 35.9 Å². The number of aromatic nitrogens is 1. The Balaban J connectivity index is 1.29. The maximum atomic E-state index is 12.4. The summed E-state index contributed by atoms with van der Waals surface area (Å²) in [5, 5.41) is 16.4. The number of hydrogen-bond acceptors (Lipinski definition) is 5. The third-order valence-electron chi connectivity index (χ3n) is 8.48. The molecule has 6 heteroatoms. The molecule has 0 saturated heterocycles. The molecule has 2 saturated carbocycles. The molecule has 3 aliphatic carbocycles. The number of amides is 1. The third-order valence-corrected chi connectivity index (χ3v) is 8.48. The van der Waals surface area contributed by atoms with Crippen LogP contribution in [0.25, 0.3) is 0 Å². The monoisotopic (exact) mass is 435 g/mol. The first-order valence-corrected chi connectivity index (χ1v) is 12.0. The molecule has 0 radical (unpaired) electrons. The number of oxazole rings is 1. The molecule has 170 valence electrons. The standard InChI is InChI=1S/C26H33N3O3/c1-16-15-27-25(32-16)28-23(30)9-5-7-18-14-22(29-31)26(2)13-12-20-19-8-4-3-6-17(19)10-11-21(20)24(18)26/h3-4,6,8,15,18,20-21,24,31H,5,7,9-14H2,1-2H3,(H,27,28,30)/b29-22+/t18-,20?,21?,24?,26-/m1/s1. The van der Waals surface area contributed by atoms with Crippen LogP contribution in [0.5, 0.6) is 0 Å². The van der Waals surface area contributed by atoms with Gasteiger partial charge in [0.25, 0.3) is 0 Å². The van der Waals surface area contributed by atoms with E-state index in [2.05, 4.69) is 46.6 Å². The molecule has 2 fully saturated rings. The lowest BCUT2D eigenvalue weighted by molar-refractivity contribution is -0.116. The highest BCUT2D eigenvalue weighted by molar-refractivity contribution is 5.92. The van der Waals surface area contributed by atoms with E-state index >= 15 is 0 Å². The Morgan fingerprint density at radius 2 is 2.19 bits per heavy atom. The summed E-state index contributed by atoms with van der Waals surface area (Å²) in [5.41, 5.74) is 4.01. The number of carbonyl (C=O) groups is 1. The van der Waals surface area contributed by atoms with Crippen molar-refractivity contribution in [3.8, 4) is 0 Å². The summed E-state index contributed by atoms with van der Waals surface area (Å²) in [5.74, 6) is 2.82. The second-order valence-corrected chi connectivity index (χ2v) is 10.2. The first-order valence-electron chi connectivity index (χ1n) is 12.0. The van der Waals surface area contributed by atoms with Crippen LogP contribution in [-0.4, -0.2) is 21.8 Å². The molecule has 1 amide bonds. The molecule has 0 spiro atoms. The number of hydrogen-bond donors (Lipinski definition) is 2. The number of rotatable bonds is 5. The van der Waals surface area contributed by atoms with Crippen LogP contribution in [0, 0.1) is 30.1 Å². The van der Waals surface area contributed by atoms with Crippen LogP contribution < -0.4 is 5.32 Å². The number of benzene rings is 1. The molecule has 6 nitrogen and oxygen atoms in total. The summed E-state index contributed by atoms with van der Waals surface area (Å²) in [6.07, 6.45) is 9.28. The predicted molar refractivity (Wildman–Crippen MR) is 123 cm³/mol. The van der Waals surface area contributed by atoms with Crippen molar-refractivity contribution in [2.75, 3.05) is 5.32 Å². The Morgan fingerprint density at radius 3 is 2.97 bits per heavy atom. The number of aryl methyl sites for hydroxylation is 2. The second-order valence-electron chi connectivity index (χ2n) is 10.2. The maximum absolute atomic E-state index is 12.4. The van der Waals surface area contributed by atoms with Crippen LogP contribution in [0.3, 0.4) is 0 Å². The Kier molecular flexibility index (Phi) is 5.56. The van der Waals surface area contributed by atoms with Crippen LogP contribution in [0.2, 0.25) is 0 Å². The van der Waals surface area contributed by atoms with Gasteiger partial charge in [-0.25, -0.2) is 4.98 Å². The zero-order valence-electron chi connectivity index (χ0n) is 19.0. The van der Waals surface area contributed by atoms with E-state index in [1.807, 2.05) is 0 Å². The highest BCUT2D eigenvalue weighted by atomic mass is 16.4. The van der Waals surface area contributed by atoms with Gasteiger partial charge in [-0.15, -0.1) is 0 Å². The van der Waals surface area contributed by atoms with E-state index in [-0.39, 0.29) is 17.3 Å². The van der Waals surface area contributed by atoms with E-state index in [0.717, 1.165) is 37.8 Å². The molecule has 1 heterocycles. The SMILES string of the molecule is Cc1cnc(NC(=O)CCC[C@@H]2C/C(=N\O)[C@@]3(C)CCC4c5ccccc5CCC4C23)o1. The molecule has 5 atom stereocenters. The van der Waals surface area contributed by atoms with E-state index in [1.165, 1.54) is 18.4 Å². The second kappa shape index (κ2) is 8.38. The highest BCUT2D eigenvalue weighted by Crippen LogP contribution is 2.62. The number of nitrogens with zero attached hydrogens (tertiary/aromatic N) is 2. The minimum absolute atomic E-state index is 0.0231. The van der Waals surface area contributed by atoms with E-state index in [9.17, 15) is 10.0 Å². The van der Waals surface area contributed by atoms with Crippen molar-refractivity contribution in [1.29, 1.82) is 0 Å². The molecular formula is C26H33N3O3. The topological polar surface area (TPSA) is 87.7 Å². The van der Waals surface area contributed by atoms with Crippen LogP contribution in [0.4, 0.5) is 6.01 Å². The lowest BCUT2D eigenvalue weighted by atomic mass is 9.54. The average Bonchev–Trinajstić information content (AvgIpc) is 3.33. The van der Waals surface area contributed by atoms with Gasteiger partial charge >= 0.3 is 6.01 Å². The van der Waals surface area contributed by atoms with Gasteiger partial charge in [-0.1, -0.05) is 36.3 Å². The summed E-state index contributed by atoms with van der Waals surface area (Å²) < 4.78 is 5.35. The van der Waals surface area contributed by atoms with Gasteiger partial charge in [0.1, 0.15) is 5.76 Å². The zero-order valence-corrected chi connectivity index (χ0v) is 19.0. The van der Waals surface area contributed by atoms with Crippen molar-refractivity contribution in [1.82, 2.24) is 4.98 Å². The molecule has 3 unspecified atom stereocenters. The number of carbonyl (C=O) groups excluding carboxylic acids is 1. The van der Waals surface area contributed by atoms with Crippen LogP contribution in [0.1, 0.15) is 74.7 Å². The largest absolute Gasteiger partial charge is 0.429 e. The fourth-order valence-corrected chi connectivity index (χ4v) is 7.14. The zero-order chi connectivity index (χ0) is 22.3. The van der Waals surface area contributed by atoms with Gasteiger partial charge < -0.3 is 9.62 Å². The molecule has 5 rings (SSSR count). The Morgan fingerprint density at radius 1 is 1.34 bits per heavy atom. The van der Waals surface area contributed by atoms with Crippen molar-refractivity contribution < 1.29 is 14.4 Å². The molecule has 3 aliphatic rings. The van der Waals surface area contributed by atoms with Crippen LogP contribution in [0.15, 0.2) is 40.0 Å². The molecule has 1 aromatic carbocycles. The summed E-state index contributed by atoms with van der Waals surface area (Å²) in [6, 6.07) is 9.22. The summed E-state index contributed by atoms with van der Waals surface area (Å²) in [6.45, 7) is 4.13. The number of anilines is 1. The van der Waals surface area contributed by atoms with Crippen molar-refractivity contribution in [2.45, 2.75) is 71.1 Å². The van der Waals surface area contributed by atoms with E-state index in [1.54, 1.807) is 18.7 Å². The predicted octanol–water partition coefficient (Wildman–Crippen LogP) is 5.70. The first-order chi connectivity index (χ1) is 15.5. The van der Waals surface area contributed by atoms with Gasteiger partial charge in [-0.3, -0.25) is 10.1 Å². The molecule has 32 heavy (non-hydrogen) atoms. The summed E-state index contributed by atoms with van der Waals surface area (Å²) in [7, 11) is 0. The third kappa shape index (κ3) is 3.63.